The minimum Gasteiger partial charge on any atom is -0.339 e. The topological polar surface area (TPSA) is 43.9 Å². The molecule has 2 aliphatic rings. The minimum atomic E-state index is -0.357. The lowest BCUT2D eigenvalue weighted by Gasteiger charge is -2.39. The monoisotopic (exact) mass is 357 g/mol. The standard InChI is InChI=1S/C21H31N3O2/c1-21(2,3)20(26)23-14-12-22(13-15-23)19(25)18-10-7-11-24(18)16-17-8-5-4-6-9-17/h4-6,8-9,18H,7,10-16H2,1-3H3. The summed E-state index contributed by atoms with van der Waals surface area (Å²) in [5.74, 6) is 0.414. The average Bonchev–Trinajstić information content (AvgIpc) is 3.09. The summed E-state index contributed by atoms with van der Waals surface area (Å²) >= 11 is 0. The van der Waals surface area contributed by atoms with Gasteiger partial charge < -0.3 is 9.80 Å². The molecule has 2 aliphatic heterocycles. The van der Waals surface area contributed by atoms with E-state index in [9.17, 15) is 9.59 Å². The van der Waals surface area contributed by atoms with Crippen molar-refractivity contribution in [3.05, 3.63) is 35.9 Å². The molecule has 0 aliphatic carbocycles. The molecule has 0 saturated carbocycles. The number of piperazine rings is 1. The molecule has 0 N–H and O–H groups in total. The molecule has 0 bridgehead atoms. The van der Waals surface area contributed by atoms with Crippen LogP contribution in [0.15, 0.2) is 30.3 Å². The summed E-state index contributed by atoms with van der Waals surface area (Å²) < 4.78 is 0. The van der Waals surface area contributed by atoms with Crippen LogP contribution in [-0.2, 0) is 16.1 Å². The number of carbonyl (C=O) groups is 2. The van der Waals surface area contributed by atoms with Gasteiger partial charge >= 0.3 is 0 Å². The number of benzene rings is 1. The van der Waals surface area contributed by atoms with E-state index in [4.69, 9.17) is 0 Å². The lowest BCUT2D eigenvalue weighted by Crippen LogP contribution is -2.56. The summed E-state index contributed by atoms with van der Waals surface area (Å²) in [7, 11) is 0. The molecule has 1 aromatic rings. The van der Waals surface area contributed by atoms with Crippen molar-refractivity contribution in [2.24, 2.45) is 5.41 Å². The van der Waals surface area contributed by atoms with Crippen LogP contribution in [0.1, 0.15) is 39.2 Å². The zero-order chi connectivity index (χ0) is 18.7. The highest BCUT2D eigenvalue weighted by Gasteiger charge is 2.36. The van der Waals surface area contributed by atoms with Crippen molar-refractivity contribution >= 4 is 11.8 Å². The Bertz CT molecular complexity index is 630. The average molecular weight is 357 g/mol. The molecule has 3 rings (SSSR count). The van der Waals surface area contributed by atoms with E-state index in [1.54, 1.807) is 0 Å². The molecular formula is C21H31N3O2. The zero-order valence-corrected chi connectivity index (χ0v) is 16.3. The van der Waals surface area contributed by atoms with Gasteiger partial charge in [-0.3, -0.25) is 14.5 Å². The molecule has 2 heterocycles. The number of nitrogens with zero attached hydrogens (tertiary/aromatic N) is 3. The van der Waals surface area contributed by atoms with Crippen LogP contribution in [-0.4, -0.2) is 65.3 Å². The number of rotatable bonds is 3. The molecule has 2 fully saturated rings. The lowest BCUT2D eigenvalue weighted by atomic mass is 9.94. The quantitative estimate of drug-likeness (QED) is 0.834. The first-order chi connectivity index (χ1) is 12.4. The summed E-state index contributed by atoms with van der Waals surface area (Å²) in [6.07, 6.45) is 2.01. The van der Waals surface area contributed by atoms with Gasteiger partial charge in [0.1, 0.15) is 0 Å². The molecule has 0 spiro atoms. The molecule has 1 aromatic carbocycles. The van der Waals surface area contributed by atoms with Crippen LogP contribution < -0.4 is 0 Å². The van der Waals surface area contributed by atoms with Crippen molar-refractivity contribution in [1.29, 1.82) is 0 Å². The molecule has 0 radical (unpaired) electrons. The second kappa shape index (κ2) is 7.78. The predicted molar refractivity (Wildman–Crippen MR) is 102 cm³/mol. The third kappa shape index (κ3) is 4.26. The Morgan fingerprint density at radius 3 is 2.19 bits per heavy atom. The molecule has 26 heavy (non-hydrogen) atoms. The number of likely N-dealkylation sites (tertiary alicyclic amines) is 1. The normalized spacial score (nSPS) is 21.9. The van der Waals surface area contributed by atoms with Gasteiger partial charge in [0, 0.05) is 38.1 Å². The van der Waals surface area contributed by atoms with E-state index in [0.29, 0.717) is 26.2 Å². The van der Waals surface area contributed by atoms with E-state index in [1.165, 1.54) is 5.56 Å². The van der Waals surface area contributed by atoms with E-state index in [-0.39, 0.29) is 23.3 Å². The van der Waals surface area contributed by atoms with Crippen molar-refractivity contribution in [2.75, 3.05) is 32.7 Å². The van der Waals surface area contributed by atoms with Crippen LogP contribution >= 0.6 is 0 Å². The van der Waals surface area contributed by atoms with E-state index < -0.39 is 0 Å². The van der Waals surface area contributed by atoms with Crippen molar-refractivity contribution < 1.29 is 9.59 Å². The molecule has 1 unspecified atom stereocenters. The molecule has 5 heteroatoms. The first kappa shape index (κ1) is 18.9. The molecule has 2 saturated heterocycles. The Morgan fingerprint density at radius 1 is 0.962 bits per heavy atom. The smallest absolute Gasteiger partial charge is 0.240 e. The Balaban J connectivity index is 1.57. The lowest BCUT2D eigenvalue weighted by molar-refractivity contribution is -0.146. The Morgan fingerprint density at radius 2 is 1.58 bits per heavy atom. The van der Waals surface area contributed by atoms with Crippen molar-refractivity contribution in [1.82, 2.24) is 14.7 Å². The van der Waals surface area contributed by atoms with Gasteiger partial charge in [-0.15, -0.1) is 0 Å². The predicted octanol–water partition coefficient (Wildman–Crippen LogP) is 2.37. The summed E-state index contributed by atoms with van der Waals surface area (Å²) in [6, 6.07) is 10.4. The van der Waals surface area contributed by atoms with Crippen molar-refractivity contribution in [3.63, 3.8) is 0 Å². The second-order valence-corrected chi connectivity index (χ2v) is 8.48. The molecule has 0 aromatic heterocycles. The highest BCUT2D eigenvalue weighted by molar-refractivity contribution is 5.84. The third-order valence-electron chi connectivity index (χ3n) is 5.40. The van der Waals surface area contributed by atoms with Crippen molar-refractivity contribution in [3.8, 4) is 0 Å². The van der Waals surface area contributed by atoms with Crippen LogP contribution in [0.4, 0.5) is 0 Å². The van der Waals surface area contributed by atoms with Gasteiger partial charge in [0.15, 0.2) is 0 Å². The third-order valence-corrected chi connectivity index (χ3v) is 5.40. The molecular weight excluding hydrogens is 326 g/mol. The van der Waals surface area contributed by atoms with Gasteiger partial charge in [0.2, 0.25) is 11.8 Å². The maximum Gasteiger partial charge on any atom is 0.240 e. The highest BCUT2D eigenvalue weighted by atomic mass is 16.2. The molecule has 5 nitrogen and oxygen atoms in total. The molecule has 1 atom stereocenters. The summed E-state index contributed by atoms with van der Waals surface area (Å²) in [5.41, 5.74) is 0.900. The van der Waals surface area contributed by atoms with Crippen LogP contribution in [0.2, 0.25) is 0 Å². The van der Waals surface area contributed by atoms with Crippen LogP contribution in [0.5, 0.6) is 0 Å². The summed E-state index contributed by atoms with van der Waals surface area (Å²) in [4.78, 5) is 31.6. The summed E-state index contributed by atoms with van der Waals surface area (Å²) in [6.45, 7) is 10.3. The minimum absolute atomic E-state index is 0.0138. The fraction of sp³-hybridized carbons (Fsp3) is 0.619. The summed E-state index contributed by atoms with van der Waals surface area (Å²) in [5, 5.41) is 0. The molecule has 142 valence electrons. The highest BCUT2D eigenvalue weighted by Crippen LogP contribution is 2.23. The van der Waals surface area contributed by atoms with E-state index in [0.717, 1.165) is 25.9 Å². The Labute approximate surface area is 156 Å². The SMILES string of the molecule is CC(C)(C)C(=O)N1CCN(C(=O)C2CCCN2Cc2ccccc2)CC1. The number of hydrogen-bond acceptors (Lipinski definition) is 3. The second-order valence-electron chi connectivity index (χ2n) is 8.48. The van der Waals surface area contributed by atoms with Crippen LogP contribution in [0.3, 0.4) is 0 Å². The van der Waals surface area contributed by atoms with Crippen LogP contribution in [0.25, 0.3) is 0 Å². The van der Waals surface area contributed by atoms with Crippen molar-refractivity contribution in [2.45, 2.75) is 46.2 Å². The number of carbonyl (C=O) groups excluding carboxylic acids is 2. The van der Waals surface area contributed by atoms with E-state index in [2.05, 4.69) is 17.0 Å². The van der Waals surface area contributed by atoms with Gasteiger partial charge in [0.25, 0.3) is 0 Å². The fourth-order valence-corrected chi connectivity index (χ4v) is 3.93. The first-order valence-corrected chi connectivity index (χ1v) is 9.72. The zero-order valence-electron chi connectivity index (χ0n) is 16.3. The van der Waals surface area contributed by atoms with Gasteiger partial charge in [0.05, 0.1) is 6.04 Å². The first-order valence-electron chi connectivity index (χ1n) is 9.72. The van der Waals surface area contributed by atoms with Crippen LogP contribution in [0, 0.1) is 5.41 Å². The maximum atomic E-state index is 13.1. The number of amides is 2. The number of hydrogen-bond donors (Lipinski definition) is 0. The van der Waals surface area contributed by atoms with E-state index >= 15 is 0 Å². The Hall–Kier alpha value is -1.88. The van der Waals surface area contributed by atoms with Gasteiger partial charge in [-0.1, -0.05) is 51.1 Å². The largest absolute Gasteiger partial charge is 0.339 e. The maximum absolute atomic E-state index is 13.1. The van der Waals surface area contributed by atoms with E-state index in [1.807, 2.05) is 48.8 Å². The fourth-order valence-electron chi connectivity index (χ4n) is 3.93. The van der Waals surface area contributed by atoms with Gasteiger partial charge in [-0.2, -0.15) is 0 Å². The molecule has 2 amide bonds. The van der Waals surface area contributed by atoms with Gasteiger partial charge in [-0.05, 0) is 24.9 Å². The Kier molecular flexibility index (Phi) is 5.66. The van der Waals surface area contributed by atoms with Gasteiger partial charge in [-0.25, -0.2) is 0 Å².